The van der Waals surface area contributed by atoms with Gasteiger partial charge in [0, 0.05) is 12.4 Å². The highest BCUT2D eigenvalue weighted by Crippen LogP contribution is 2.21. The van der Waals surface area contributed by atoms with Gasteiger partial charge in [-0.05, 0) is 31.5 Å². The van der Waals surface area contributed by atoms with E-state index in [1.54, 1.807) is 23.9 Å². The molecule has 0 atom stereocenters. The van der Waals surface area contributed by atoms with Gasteiger partial charge in [0.1, 0.15) is 10.8 Å². The average Bonchev–Trinajstić information content (AvgIpc) is 3.21. The Kier molecular flexibility index (Phi) is 5.30. The summed E-state index contributed by atoms with van der Waals surface area (Å²) < 4.78 is 3.46. The van der Waals surface area contributed by atoms with Gasteiger partial charge in [-0.3, -0.25) is 4.79 Å². The van der Waals surface area contributed by atoms with E-state index < -0.39 is 0 Å². The smallest absolute Gasteiger partial charge is 0.256 e. The summed E-state index contributed by atoms with van der Waals surface area (Å²) in [7, 11) is 0. The number of benzene rings is 1. The minimum atomic E-state index is -0.280. The van der Waals surface area contributed by atoms with Crippen LogP contribution in [0.5, 0.6) is 0 Å². The maximum atomic E-state index is 12.7. The average molecular weight is 428 g/mol. The first-order chi connectivity index (χ1) is 13.9. The number of amides is 1. The number of aryl methyl sites for hydroxylation is 2. The van der Waals surface area contributed by atoms with Crippen molar-refractivity contribution in [1.29, 1.82) is 0 Å². The van der Waals surface area contributed by atoms with Gasteiger partial charge in [0.15, 0.2) is 0 Å². The third-order valence-corrected chi connectivity index (χ3v) is 5.25. The lowest BCUT2D eigenvalue weighted by Crippen LogP contribution is -2.23. The molecule has 3 aromatic heterocycles. The molecule has 6 nitrogen and oxygen atoms in total. The fraction of sp³-hybridized carbons (Fsp3) is 0.190. The van der Waals surface area contributed by atoms with Crippen LogP contribution in [0, 0.1) is 13.8 Å². The molecular weight excluding hydrogens is 409 g/mol. The Morgan fingerprint density at radius 1 is 1.07 bits per heavy atom. The summed E-state index contributed by atoms with van der Waals surface area (Å²) >= 11 is 12.5. The molecule has 0 radical (unpaired) electrons. The van der Waals surface area contributed by atoms with Crippen LogP contribution in [-0.4, -0.2) is 25.1 Å². The number of pyridine rings is 1. The molecule has 29 heavy (non-hydrogen) atoms. The second-order valence-corrected chi connectivity index (χ2v) is 7.72. The molecule has 4 rings (SSSR count). The quantitative estimate of drug-likeness (QED) is 0.512. The highest BCUT2D eigenvalue weighted by molar-refractivity contribution is 6.33. The number of hydrogen-bond acceptors (Lipinski definition) is 3. The van der Waals surface area contributed by atoms with Crippen LogP contribution in [0.4, 0.5) is 0 Å². The van der Waals surface area contributed by atoms with Crippen LogP contribution in [-0.2, 0) is 13.1 Å². The van der Waals surface area contributed by atoms with E-state index in [2.05, 4.69) is 15.4 Å². The largest absolute Gasteiger partial charge is 0.346 e. The summed E-state index contributed by atoms with van der Waals surface area (Å²) in [5, 5.41) is 8.25. The fourth-order valence-corrected chi connectivity index (χ4v) is 3.63. The molecule has 148 valence electrons. The standard InChI is InChI=1S/C21H19Cl2N5O/c1-13-3-5-15(6-4-13)10-28-20(23)19(14(2)26-28)21(29)24-9-17-12-27-11-16(22)7-8-18(27)25-17/h3-8,11-12H,9-10H2,1-2H3,(H,24,29). The van der Waals surface area contributed by atoms with Crippen LogP contribution in [0.1, 0.15) is 32.9 Å². The summed E-state index contributed by atoms with van der Waals surface area (Å²) in [5.74, 6) is -0.280. The monoisotopic (exact) mass is 427 g/mol. The van der Waals surface area contributed by atoms with Crippen molar-refractivity contribution >= 4 is 34.8 Å². The van der Waals surface area contributed by atoms with Crippen LogP contribution in [0.25, 0.3) is 5.65 Å². The maximum Gasteiger partial charge on any atom is 0.256 e. The van der Waals surface area contributed by atoms with Crippen molar-refractivity contribution in [2.75, 3.05) is 0 Å². The Morgan fingerprint density at radius 2 is 1.83 bits per heavy atom. The molecule has 0 spiro atoms. The van der Waals surface area contributed by atoms with Gasteiger partial charge in [-0.1, -0.05) is 53.0 Å². The van der Waals surface area contributed by atoms with E-state index in [9.17, 15) is 4.79 Å². The minimum Gasteiger partial charge on any atom is -0.346 e. The lowest BCUT2D eigenvalue weighted by atomic mass is 10.1. The van der Waals surface area contributed by atoms with Gasteiger partial charge in [-0.2, -0.15) is 5.10 Å². The first-order valence-electron chi connectivity index (χ1n) is 9.10. The van der Waals surface area contributed by atoms with Crippen molar-refractivity contribution in [3.63, 3.8) is 0 Å². The number of fused-ring (bicyclic) bond motifs is 1. The Morgan fingerprint density at radius 3 is 2.59 bits per heavy atom. The van der Waals surface area contributed by atoms with Crippen LogP contribution in [0.15, 0.2) is 48.8 Å². The van der Waals surface area contributed by atoms with Crippen molar-refractivity contribution in [1.82, 2.24) is 24.5 Å². The van der Waals surface area contributed by atoms with Crippen LogP contribution in [0.3, 0.4) is 0 Å². The molecule has 0 saturated carbocycles. The normalized spacial score (nSPS) is 11.2. The van der Waals surface area contributed by atoms with Gasteiger partial charge >= 0.3 is 0 Å². The summed E-state index contributed by atoms with van der Waals surface area (Å²) in [6.45, 7) is 4.59. The topological polar surface area (TPSA) is 64.2 Å². The molecule has 1 aromatic carbocycles. The summed E-state index contributed by atoms with van der Waals surface area (Å²) in [6, 6.07) is 11.7. The first kappa shape index (κ1) is 19.5. The molecule has 4 aromatic rings. The van der Waals surface area contributed by atoms with E-state index in [4.69, 9.17) is 23.2 Å². The zero-order chi connectivity index (χ0) is 20.5. The second kappa shape index (κ2) is 7.89. The maximum absolute atomic E-state index is 12.7. The molecule has 1 N–H and O–H groups in total. The summed E-state index contributed by atoms with van der Waals surface area (Å²) in [6.07, 6.45) is 3.60. The number of halogens is 2. The van der Waals surface area contributed by atoms with Crippen molar-refractivity contribution < 1.29 is 4.79 Å². The Labute approximate surface area is 178 Å². The van der Waals surface area contributed by atoms with Gasteiger partial charge in [0.05, 0.1) is 35.1 Å². The highest BCUT2D eigenvalue weighted by atomic mass is 35.5. The molecule has 0 aliphatic carbocycles. The number of hydrogen-bond donors (Lipinski definition) is 1. The molecule has 0 bridgehead atoms. The predicted molar refractivity (Wildman–Crippen MR) is 114 cm³/mol. The number of nitrogens with zero attached hydrogens (tertiary/aromatic N) is 4. The summed E-state index contributed by atoms with van der Waals surface area (Å²) in [5.41, 5.74) is 4.70. The third-order valence-electron chi connectivity index (χ3n) is 4.64. The second-order valence-electron chi connectivity index (χ2n) is 6.92. The first-order valence-corrected chi connectivity index (χ1v) is 9.86. The Balaban J connectivity index is 1.49. The molecule has 0 saturated heterocycles. The molecule has 0 unspecified atom stereocenters. The Bertz CT molecular complexity index is 1190. The molecule has 0 fully saturated rings. The van der Waals surface area contributed by atoms with E-state index in [0.717, 1.165) is 16.9 Å². The fourth-order valence-electron chi connectivity index (χ4n) is 3.14. The van der Waals surface area contributed by atoms with Crippen molar-refractivity contribution in [2.24, 2.45) is 0 Å². The number of carbonyl (C=O) groups is 1. The highest BCUT2D eigenvalue weighted by Gasteiger charge is 2.20. The van der Waals surface area contributed by atoms with Gasteiger partial charge in [-0.25, -0.2) is 9.67 Å². The van der Waals surface area contributed by atoms with Crippen molar-refractivity contribution in [2.45, 2.75) is 26.9 Å². The van der Waals surface area contributed by atoms with Crippen LogP contribution >= 0.6 is 23.2 Å². The van der Waals surface area contributed by atoms with Crippen LogP contribution in [0.2, 0.25) is 10.2 Å². The van der Waals surface area contributed by atoms with Crippen molar-refractivity contribution in [3.05, 3.63) is 87.0 Å². The number of carbonyl (C=O) groups excluding carboxylic acids is 1. The van der Waals surface area contributed by atoms with Gasteiger partial charge < -0.3 is 9.72 Å². The lowest BCUT2D eigenvalue weighted by molar-refractivity contribution is 0.0950. The van der Waals surface area contributed by atoms with Gasteiger partial charge in [0.25, 0.3) is 5.91 Å². The molecule has 3 heterocycles. The molecule has 8 heteroatoms. The molecule has 0 aliphatic heterocycles. The van der Waals surface area contributed by atoms with Crippen molar-refractivity contribution in [3.8, 4) is 0 Å². The summed E-state index contributed by atoms with van der Waals surface area (Å²) in [4.78, 5) is 17.2. The lowest BCUT2D eigenvalue weighted by Gasteiger charge is -2.05. The Hall–Kier alpha value is -2.83. The molecular formula is C21H19Cl2N5O. The number of nitrogens with one attached hydrogen (secondary N) is 1. The minimum absolute atomic E-state index is 0.275. The molecule has 1 amide bonds. The van der Waals surface area contributed by atoms with Gasteiger partial charge in [0.2, 0.25) is 0 Å². The van der Waals surface area contributed by atoms with E-state index >= 15 is 0 Å². The number of imidazole rings is 1. The SMILES string of the molecule is Cc1ccc(Cn2nc(C)c(C(=O)NCc3cn4cc(Cl)ccc4n3)c2Cl)cc1. The molecule has 0 aliphatic rings. The number of rotatable bonds is 5. The number of aromatic nitrogens is 4. The van der Waals surface area contributed by atoms with E-state index in [1.165, 1.54) is 5.56 Å². The zero-order valence-corrected chi connectivity index (χ0v) is 17.5. The van der Waals surface area contributed by atoms with E-state index in [1.807, 2.05) is 47.9 Å². The van der Waals surface area contributed by atoms with Crippen LogP contribution < -0.4 is 5.32 Å². The predicted octanol–water partition coefficient (Wildman–Crippen LogP) is 4.43. The zero-order valence-electron chi connectivity index (χ0n) is 16.0. The third kappa shape index (κ3) is 4.13. The van der Waals surface area contributed by atoms with E-state index in [-0.39, 0.29) is 12.5 Å². The van der Waals surface area contributed by atoms with Gasteiger partial charge in [-0.15, -0.1) is 0 Å². The van der Waals surface area contributed by atoms with E-state index in [0.29, 0.717) is 28.0 Å².